The van der Waals surface area contributed by atoms with Crippen LogP contribution in [0.1, 0.15) is 18.5 Å². The minimum absolute atomic E-state index is 0.138. The highest BCUT2D eigenvalue weighted by molar-refractivity contribution is 6.31. The maximum absolute atomic E-state index is 12.8. The van der Waals surface area contributed by atoms with E-state index in [4.69, 9.17) is 16.3 Å². The Labute approximate surface area is 158 Å². The van der Waals surface area contributed by atoms with Gasteiger partial charge in [0, 0.05) is 25.1 Å². The van der Waals surface area contributed by atoms with E-state index in [1.54, 1.807) is 34.8 Å². The number of aromatic nitrogens is 6. The molecule has 0 bridgehead atoms. The molecular weight excluding hydrogens is 368 g/mol. The quantitative estimate of drug-likeness (QED) is 0.540. The van der Waals surface area contributed by atoms with E-state index in [0.717, 1.165) is 37.1 Å². The molecule has 0 radical (unpaired) electrons. The van der Waals surface area contributed by atoms with Crippen LogP contribution >= 0.6 is 11.6 Å². The Balaban J connectivity index is 1.64. The number of fused-ring (bicyclic) bond motifs is 3. The van der Waals surface area contributed by atoms with Gasteiger partial charge in [-0.15, -0.1) is 5.10 Å². The lowest BCUT2D eigenvalue weighted by Gasteiger charge is -2.08. The Kier molecular flexibility index (Phi) is 3.76. The van der Waals surface area contributed by atoms with Crippen molar-refractivity contribution in [2.24, 2.45) is 7.05 Å². The van der Waals surface area contributed by atoms with Crippen molar-refractivity contribution in [2.45, 2.75) is 25.4 Å². The van der Waals surface area contributed by atoms with Gasteiger partial charge in [0.15, 0.2) is 11.5 Å². The van der Waals surface area contributed by atoms with E-state index >= 15 is 0 Å². The fraction of sp³-hybridized carbons (Fsp3) is 0.333. The summed E-state index contributed by atoms with van der Waals surface area (Å²) in [6.07, 6.45) is 6.59. The van der Waals surface area contributed by atoms with E-state index in [0.29, 0.717) is 21.9 Å². The molecule has 0 aliphatic carbocycles. The van der Waals surface area contributed by atoms with Crippen LogP contribution in [0.2, 0.25) is 5.02 Å². The van der Waals surface area contributed by atoms with Gasteiger partial charge in [0.05, 0.1) is 28.9 Å². The number of hydrogen-bond acceptors (Lipinski definition) is 5. The molecule has 3 aromatic heterocycles. The Morgan fingerprint density at radius 3 is 3.07 bits per heavy atom. The van der Waals surface area contributed by atoms with Gasteiger partial charge < -0.3 is 4.74 Å². The Morgan fingerprint density at radius 2 is 2.26 bits per heavy atom. The van der Waals surface area contributed by atoms with Gasteiger partial charge in [0.25, 0.3) is 5.56 Å². The van der Waals surface area contributed by atoms with E-state index in [1.165, 1.54) is 0 Å². The van der Waals surface area contributed by atoms with Crippen molar-refractivity contribution in [3.63, 3.8) is 0 Å². The van der Waals surface area contributed by atoms with Gasteiger partial charge in [-0.05, 0) is 31.0 Å². The smallest absolute Gasteiger partial charge is 0.261 e. The third-order valence-corrected chi connectivity index (χ3v) is 5.25. The van der Waals surface area contributed by atoms with Crippen LogP contribution in [0.3, 0.4) is 0 Å². The molecule has 1 aliphatic rings. The number of aryl methyl sites for hydroxylation is 1. The van der Waals surface area contributed by atoms with E-state index < -0.39 is 0 Å². The number of benzene rings is 1. The highest BCUT2D eigenvalue weighted by Gasteiger charge is 2.20. The van der Waals surface area contributed by atoms with Gasteiger partial charge in [-0.3, -0.25) is 13.8 Å². The summed E-state index contributed by atoms with van der Waals surface area (Å²) in [4.78, 5) is 17.3. The van der Waals surface area contributed by atoms with Crippen LogP contribution in [0.15, 0.2) is 35.5 Å². The van der Waals surface area contributed by atoms with Gasteiger partial charge >= 0.3 is 0 Å². The number of rotatable bonds is 3. The van der Waals surface area contributed by atoms with Crippen molar-refractivity contribution in [3.05, 3.63) is 51.8 Å². The van der Waals surface area contributed by atoms with Gasteiger partial charge in [0.1, 0.15) is 6.33 Å². The van der Waals surface area contributed by atoms with E-state index in [9.17, 15) is 4.79 Å². The number of halogens is 1. The van der Waals surface area contributed by atoms with Crippen molar-refractivity contribution >= 4 is 28.2 Å². The standard InChI is InChI=1S/C18H17ClN6O2/c1-23-17-16(25-9-12(21-22-25)8-13-3-2-6-27-13)20-10-24(17)15-5-4-11(19)7-14(15)18(23)26/h4-5,7,9-10,13H,2-3,6,8H2,1H3. The van der Waals surface area contributed by atoms with Gasteiger partial charge in [0.2, 0.25) is 0 Å². The zero-order chi connectivity index (χ0) is 18.5. The maximum atomic E-state index is 12.8. The van der Waals surface area contributed by atoms with Crippen LogP contribution in [0.4, 0.5) is 0 Å². The second-order valence-corrected chi connectivity index (χ2v) is 7.22. The molecular formula is C18H17ClN6O2. The van der Waals surface area contributed by atoms with Crippen LogP contribution in [0, 0.1) is 0 Å². The van der Waals surface area contributed by atoms with E-state index in [1.807, 2.05) is 16.7 Å². The SMILES string of the molecule is Cn1c(=O)c2cc(Cl)ccc2n2cnc(-n3cc(CC4CCCO4)nn3)c12. The molecule has 1 atom stereocenters. The minimum Gasteiger partial charge on any atom is -0.378 e. The predicted octanol–water partition coefficient (Wildman–Crippen LogP) is 2.14. The lowest BCUT2D eigenvalue weighted by atomic mass is 10.1. The summed E-state index contributed by atoms with van der Waals surface area (Å²) in [5.74, 6) is 0.553. The zero-order valence-electron chi connectivity index (χ0n) is 14.7. The third-order valence-electron chi connectivity index (χ3n) is 5.01. The highest BCUT2D eigenvalue weighted by Crippen LogP contribution is 2.22. The molecule has 1 fully saturated rings. The number of nitrogens with zero attached hydrogens (tertiary/aromatic N) is 6. The Bertz CT molecular complexity index is 1220. The molecule has 138 valence electrons. The molecule has 9 heteroatoms. The zero-order valence-corrected chi connectivity index (χ0v) is 15.4. The van der Waals surface area contributed by atoms with Crippen LogP contribution in [-0.2, 0) is 18.2 Å². The summed E-state index contributed by atoms with van der Waals surface area (Å²) in [6, 6.07) is 5.26. The fourth-order valence-corrected chi connectivity index (χ4v) is 3.85. The largest absolute Gasteiger partial charge is 0.378 e. The summed E-state index contributed by atoms with van der Waals surface area (Å²) in [7, 11) is 1.72. The molecule has 4 aromatic rings. The molecule has 5 rings (SSSR count). The lowest BCUT2D eigenvalue weighted by Crippen LogP contribution is -2.20. The molecule has 1 aliphatic heterocycles. The summed E-state index contributed by atoms with van der Waals surface area (Å²) in [6.45, 7) is 0.809. The number of hydrogen-bond donors (Lipinski definition) is 0. The van der Waals surface area contributed by atoms with Gasteiger partial charge in [-0.25, -0.2) is 4.98 Å². The summed E-state index contributed by atoms with van der Waals surface area (Å²) in [5.41, 5.74) is 2.10. The van der Waals surface area contributed by atoms with Gasteiger partial charge in [-0.1, -0.05) is 16.8 Å². The highest BCUT2D eigenvalue weighted by atomic mass is 35.5. The van der Waals surface area contributed by atoms with E-state index in [2.05, 4.69) is 15.3 Å². The second-order valence-electron chi connectivity index (χ2n) is 6.78. The second kappa shape index (κ2) is 6.17. The first-order valence-corrected chi connectivity index (χ1v) is 9.18. The fourth-order valence-electron chi connectivity index (χ4n) is 3.68. The van der Waals surface area contributed by atoms with Crippen LogP contribution in [-0.4, -0.2) is 41.7 Å². The van der Waals surface area contributed by atoms with Crippen molar-refractivity contribution in [3.8, 4) is 5.82 Å². The normalized spacial score (nSPS) is 17.3. The van der Waals surface area contributed by atoms with Crippen molar-refractivity contribution in [2.75, 3.05) is 6.61 Å². The molecule has 0 saturated carbocycles. The Hall–Kier alpha value is -2.71. The van der Waals surface area contributed by atoms with Crippen molar-refractivity contribution in [1.29, 1.82) is 0 Å². The van der Waals surface area contributed by atoms with E-state index in [-0.39, 0.29) is 11.7 Å². The monoisotopic (exact) mass is 384 g/mol. The lowest BCUT2D eigenvalue weighted by molar-refractivity contribution is 0.110. The third kappa shape index (κ3) is 2.64. The molecule has 1 aromatic carbocycles. The molecule has 1 unspecified atom stereocenters. The summed E-state index contributed by atoms with van der Waals surface area (Å²) < 4.78 is 10.7. The van der Waals surface area contributed by atoms with Crippen LogP contribution in [0.5, 0.6) is 0 Å². The first kappa shape index (κ1) is 16.5. The molecule has 8 nitrogen and oxygen atoms in total. The molecule has 0 N–H and O–H groups in total. The van der Waals surface area contributed by atoms with Crippen LogP contribution < -0.4 is 5.56 Å². The summed E-state index contributed by atoms with van der Waals surface area (Å²) >= 11 is 6.06. The molecule has 4 heterocycles. The molecule has 27 heavy (non-hydrogen) atoms. The van der Waals surface area contributed by atoms with Crippen LogP contribution in [0.25, 0.3) is 22.4 Å². The average Bonchev–Trinajstić information content (AvgIpc) is 3.40. The topological polar surface area (TPSA) is 79.2 Å². The first-order valence-electron chi connectivity index (χ1n) is 8.80. The average molecular weight is 385 g/mol. The number of imidazole rings is 1. The number of ether oxygens (including phenoxy) is 1. The molecule has 1 saturated heterocycles. The predicted molar refractivity (Wildman–Crippen MR) is 101 cm³/mol. The van der Waals surface area contributed by atoms with Crippen molar-refractivity contribution in [1.82, 2.24) is 28.9 Å². The van der Waals surface area contributed by atoms with Crippen molar-refractivity contribution < 1.29 is 4.74 Å². The minimum atomic E-state index is -0.138. The maximum Gasteiger partial charge on any atom is 0.261 e. The van der Waals surface area contributed by atoms with Gasteiger partial charge in [-0.2, -0.15) is 4.68 Å². The molecule has 0 spiro atoms. The summed E-state index contributed by atoms with van der Waals surface area (Å²) in [5, 5.41) is 9.53. The molecule has 0 amide bonds. The Morgan fingerprint density at radius 1 is 1.37 bits per heavy atom. The first-order chi connectivity index (χ1) is 13.1.